The molecule has 0 aliphatic heterocycles. The lowest BCUT2D eigenvalue weighted by molar-refractivity contribution is -0.144. The summed E-state index contributed by atoms with van der Waals surface area (Å²) < 4.78 is 20.9. The third-order valence-corrected chi connectivity index (χ3v) is 4.07. The number of aromatic nitrogens is 2. The molecule has 0 radical (unpaired) electrons. The van der Waals surface area contributed by atoms with Gasteiger partial charge in [0.2, 0.25) is 5.82 Å². The number of nitrogens with zero attached hydrogens (tertiary/aromatic N) is 2. The van der Waals surface area contributed by atoms with Crippen molar-refractivity contribution in [3.63, 3.8) is 0 Å². The smallest absolute Gasteiger partial charge is 0.310 e. The molecule has 0 aliphatic carbocycles. The van der Waals surface area contributed by atoms with E-state index in [9.17, 15) is 4.79 Å². The fraction of sp³-hybridized carbons (Fsp3) is 0.250. The number of aryl methyl sites for hydroxylation is 1. The third-order valence-electron chi connectivity index (χ3n) is 4.07. The molecule has 0 bridgehead atoms. The molecule has 0 aliphatic rings. The molecular formula is C20H20N2O5. The summed E-state index contributed by atoms with van der Waals surface area (Å²) in [6, 6.07) is 13.0. The summed E-state index contributed by atoms with van der Waals surface area (Å²) in [6.45, 7) is 1.87. The van der Waals surface area contributed by atoms with Crippen LogP contribution in [0.3, 0.4) is 0 Å². The first-order chi connectivity index (χ1) is 13.1. The van der Waals surface area contributed by atoms with Crippen molar-refractivity contribution < 1.29 is 23.5 Å². The third kappa shape index (κ3) is 4.44. The average molecular weight is 368 g/mol. The van der Waals surface area contributed by atoms with Gasteiger partial charge in [-0.15, -0.1) is 0 Å². The van der Waals surface area contributed by atoms with Crippen molar-refractivity contribution in [2.75, 3.05) is 14.2 Å². The van der Waals surface area contributed by atoms with E-state index in [2.05, 4.69) is 10.1 Å². The predicted molar refractivity (Wildman–Crippen MR) is 97.5 cm³/mol. The van der Waals surface area contributed by atoms with Gasteiger partial charge in [-0.25, -0.2) is 0 Å². The Morgan fingerprint density at radius 1 is 1.11 bits per heavy atom. The van der Waals surface area contributed by atoms with E-state index in [4.69, 9.17) is 18.7 Å². The molecule has 3 rings (SSSR count). The zero-order chi connectivity index (χ0) is 19.2. The minimum Gasteiger partial charge on any atom is -0.497 e. The molecule has 7 heteroatoms. The number of benzene rings is 2. The molecule has 0 atom stereocenters. The second-order valence-corrected chi connectivity index (χ2v) is 5.84. The number of rotatable bonds is 7. The molecule has 7 nitrogen and oxygen atoms in total. The minimum atomic E-state index is -0.355. The number of hydrogen-bond acceptors (Lipinski definition) is 7. The molecule has 27 heavy (non-hydrogen) atoms. The molecule has 0 saturated heterocycles. The monoisotopic (exact) mass is 368 g/mol. The van der Waals surface area contributed by atoms with E-state index in [0.29, 0.717) is 22.9 Å². The van der Waals surface area contributed by atoms with Crippen LogP contribution in [0.5, 0.6) is 11.5 Å². The lowest BCUT2D eigenvalue weighted by Crippen LogP contribution is -2.09. The second-order valence-electron chi connectivity index (χ2n) is 5.84. The van der Waals surface area contributed by atoms with Crippen LogP contribution in [0, 0.1) is 6.92 Å². The highest BCUT2D eigenvalue weighted by molar-refractivity contribution is 5.73. The van der Waals surface area contributed by atoms with Gasteiger partial charge >= 0.3 is 5.97 Å². The Balaban J connectivity index is 1.65. The molecule has 0 amide bonds. The van der Waals surface area contributed by atoms with Crippen molar-refractivity contribution in [3.8, 4) is 22.9 Å². The van der Waals surface area contributed by atoms with Crippen molar-refractivity contribution >= 4 is 5.97 Å². The Morgan fingerprint density at radius 2 is 1.93 bits per heavy atom. The summed E-state index contributed by atoms with van der Waals surface area (Å²) in [5.74, 6) is 1.41. The van der Waals surface area contributed by atoms with E-state index in [1.165, 1.54) is 0 Å². The number of methoxy groups -OCH3 is 2. The predicted octanol–water partition coefficient (Wildman–Crippen LogP) is 3.35. The fourth-order valence-electron chi connectivity index (χ4n) is 2.56. The van der Waals surface area contributed by atoms with Gasteiger partial charge in [0.05, 0.1) is 26.2 Å². The molecule has 1 heterocycles. The van der Waals surface area contributed by atoms with Crippen LogP contribution in [-0.2, 0) is 22.6 Å². The molecule has 0 unspecified atom stereocenters. The lowest BCUT2D eigenvalue weighted by atomic mass is 10.1. The summed E-state index contributed by atoms with van der Waals surface area (Å²) in [5, 5.41) is 3.93. The van der Waals surface area contributed by atoms with E-state index in [-0.39, 0.29) is 24.9 Å². The standard InChI is InChI=1S/C20H20N2O5/c1-13-6-4-5-7-14(13)10-19(23)26-12-18-21-20(22-27-18)16-9-8-15(24-2)11-17(16)25-3/h4-9,11H,10,12H2,1-3H3. The van der Waals surface area contributed by atoms with Gasteiger partial charge in [-0.2, -0.15) is 4.98 Å². The Kier molecular flexibility index (Phi) is 5.71. The van der Waals surface area contributed by atoms with Crippen LogP contribution in [0.2, 0.25) is 0 Å². The van der Waals surface area contributed by atoms with Crippen LogP contribution in [-0.4, -0.2) is 30.3 Å². The van der Waals surface area contributed by atoms with E-state index in [1.54, 1.807) is 32.4 Å². The molecule has 3 aromatic rings. The molecular weight excluding hydrogens is 348 g/mol. The first-order valence-corrected chi connectivity index (χ1v) is 8.36. The highest BCUT2D eigenvalue weighted by atomic mass is 16.6. The van der Waals surface area contributed by atoms with Crippen molar-refractivity contribution in [1.29, 1.82) is 0 Å². The molecule has 140 valence electrons. The first kappa shape index (κ1) is 18.4. The summed E-state index contributed by atoms with van der Waals surface area (Å²) in [7, 11) is 3.12. The summed E-state index contributed by atoms with van der Waals surface area (Å²) in [6.07, 6.45) is 0.194. The number of ether oxygens (including phenoxy) is 3. The van der Waals surface area contributed by atoms with E-state index in [0.717, 1.165) is 11.1 Å². The minimum absolute atomic E-state index is 0.0871. The van der Waals surface area contributed by atoms with Crippen LogP contribution in [0.1, 0.15) is 17.0 Å². The number of hydrogen-bond donors (Lipinski definition) is 0. The normalized spacial score (nSPS) is 10.5. The number of carbonyl (C=O) groups is 1. The van der Waals surface area contributed by atoms with Crippen molar-refractivity contribution in [2.24, 2.45) is 0 Å². The van der Waals surface area contributed by atoms with E-state index >= 15 is 0 Å². The summed E-state index contributed by atoms with van der Waals surface area (Å²) in [5.41, 5.74) is 2.62. The zero-order valence-electron chi connectivity index (χ0n) is 15.4. The maximum absolute atomic E-state index is 12.0. The summed E-state index contributed by atoms with van der Waals surface area (Å²) >= 11 is 0. The first-order valence-electron chi connectivity index (χ1n) is 8.36. The molecule has 0 fully saturated rings. The van der Waals surface area contributed by atoms with Gasteiger partial charge in [0.15, 0.2) is 6.61 Å². The largest absolute Gasteiger partial charge is 0.497 e. The Hall–Kier alpha value is -3.35. The SMILES string of the molecule is COc1ccc(-c2noc(COC(=O)Cc3ccccc3C)n2)c(OC)c1. The second kappa shape index (κ2) is 8.35. The fourth-order valence-corrected chi connectivity index (χ4v) is 2.56. The van der Waals surface area contributed by atoms with Gasteiger partial charge < -0.3 is 18.7 Å². The molecule has 2 aromatic carbocycles. The van der Waals surface area contributed by atoms with Crippen LogP contribution in [0.15, 0.2) is 47.0 Å². The molecule has 1 aromatic heterocycles. The Morgan fingerprint density at radius 3 is 2.67 bits per heavy atom. The van der Waals surface area contributed by atoms with Crippen LogP contribution < -0.4 is 9.47 Å². The molecule has 0 saturated carbocycles. The number of carbonyl (C=O) groups excluding carboxylic acids is 1. The van der Waals surface area contributed by atoms with Gasteiger partial charge in [-0.1, -0.05) is 29.4 Å². The quantitative estimate of drug-likeness (QED) is 0.591. The average Bonchev–Trinajstić information content (AvgIpc) is 3.16. The van der Waals surface area contributed by atoms with E-state index in [1.807, 2.05) is 31.2 Å². The lowest BCUT2D eigenvalue weighted by Gasteiger charge is -2.07. The van der Waals surface area contributed by atoms with Gasteiger partial charge in [-0.05, 0) is 30.2 Å². The Labute approximate surface area is 156 Å². The molecule has 0 N–H and O–H groups in total. The maximum Gasteiger partial charge on any atom is 0.310 e. The highest BCUT2D eigenvalue weighted by Crippen LogP contribution is 2.31. The molecule has 0 spiro atoms. The zero-order valence-corrected chi connectivity index (χ0v) is 15.4. The number of esters is 1. The van der Waals surface area contributed by atoms with Crippen LogP contribution in [0.4, 0.5) is 0 Å². The highest BCUT2D eigenvalue weighted by Gasteiger charge is 2.16. The van der Waals surface area contributed by atoms with E-state index < -0.39 is 0 Å². The maximum atomic E-state index is 12.0. The van der Waals surface area contributed by atoms with Gasteiger partial charge in [0.1, 0.15) is 11.5 Å². The summed E-state index contributed by atoms with van der Waals surface area (Å²) in [4.78, 5) is 16.3. The van der Waals surface area contributed by atoms with Crippen molar-refractivity contribution in [1.82, 2.24) is 10.1 Å². The van der Waals surface area contributed by atoms with Crippen molar-refractivity contribution in [3.05, 3.63) is 59.5 Å². The van der Waals surface area contributed by atoms with Gasteiger partial charge in [0.25, 0.3) is 5.89 Å². The van der Waals surface area contributed by atoms with Crippen molar-refractivity contribution in [2.45, 2.75) is 20.0 Å². The van der Waals surface area contributed by atoms with Crippen LogP contribution in [0.25, 0.3) is 11.4 Å². The topological polar surface area (TPSA) is 83.7 Å². The van der Waals surface area contributed by atoms with Gasteiger partial charge in [0, 0.05) is 6.07 Å². The van der Waals surface area contributed by atoms with Crippen LogP contribution >= 0.6 is 0 Å². The Bertz CT molecular complexity index is 936. The van der Waals surface area contributed by atoms with Gasteiger partial charge in [-0.3, -0.25) is 4.79 Å².